The summed E-state index contributed by atoms with van der Waals surface area (Å²) in [5.74, 6) is 1.60. The minimum atomic E-state index is 0.416. The molecule has 0 saturated heterocycles. The van der Waals surface area contributed by atoms with E-state index in [9.17, 15) is 0 Å². The Morgan fingerprint density at radius 3 is 2.53 bits per heavy atom. The van der Waals surface area contributed by atoms with Crippen LogP contribution in [-0.2, 0) is 6.42 Å². The second kappa shape index (κ2) is 5.68. The summed E-state index contributed by atoms with van der Waals surface area (Å²) in [4.78, 5) is 0. The predicted molar refractivity (Wildman–Crippen MR) is 74.0 cm³/mol. The van der Waals surface area contributed by atoms with Crippen molar-refractivity contribution in [1.29, 1.82) is 0 Å². The van der Waals surface area contributed by atoms with E-state index in [0.29, 0.717) is 12.0 Å². The van der Waals surface area contributed by atoms with Gasteiger partial charge in [-0.15, -0.1) is 0 Å². The van der Waals surface area contributed by atoms with Crippen molar-refractivity contribution in [1.82, 2.24) is 0 Å². The Balaban J connectivity index is 1.98. The lowest BCUT2D eigenvalue weighted by atomic mass is 9.75. The van der Waals surface area contributed by atoms with Gasteiger partial charge in [0.05, 0.1) is 0 Å². The Bertz CT molecular complexity index is 341. The first kappa shape index (κ1) is 12.6. The second-order valence-corrected chi connectivity index (χ2v) is 5.70. The number of rotatable bonds is 3. The molecule has 1 fully saturated rings. The molecule has 1 aromatic carbocycles. The van der Waals surface area contributed by atoms with Crippen LogP contribution in [0.15, 0.2) is 24.3 Å². The fraction of sp³-hybridized carbons (Fsp3) is 0.625. The van der Waals surface area contributed by atoms with Crippen molar-refractivity contribution < 1.29 is 0 Å². The Morgan fingerprint density at radius 1 is 1.18 bits per heavy atom. The first-order valence-electron chi connectivity index (χ1n) is 7.00. The van der Waals surface area contributed by atoms with Crippen molar-refractivity contribution in [3.05, 3.63) is 35.4 Å². The summed E-state index contributed by atoms with van der Waals surface area (Å²) in [6.45, 7) is 4.45. The smallest absolute Gasteiger partial charge is 0.00705 e. The van der Waals surface area contributed by atoms with Crippen LogP contribution in [0.1, 0.15) is 43.7 Å². The van der Waals surface area contributed by atoms with E-state index in [1.54, 1.807) is 0 Å². The van der Waals surface area contributed by atoms with Crippen LogP contribution in [0.2, 0.25) is 0 Å². The van der Waals surface area contributed by atoms with Crippen molar-refractivity contribution in [3.63, 3.8) is 0 Å². The third-order valence-corrected chi connectivity index (χ3v) is 4.35. The van der Waals surface area contributed by atoms with Crippen LogP contribution in [0.25, 0.3) is 0 Å². The highest BCUT2D eigenvalue weighted by molar-refractivity contribution is 5.22. The van der Waals surface area contributed by atoms with Gasteiger partial charge in [0.15, 0.2) is 0 Å². The molecule has 1 aliphatic rings. The largest absolute Gasteiger partial charge is 0.327 e. The van der Waals surface area contributed by atoms with Crippen molar-refractivity contribution in [2.24, 2.45) is 17.6 Å². The van der Waals surface area contributed by atoms with Crippen LogP contribution in [0.5, 0.6) is 0 Å². The van der Waals surface area contributed by atoms with Gasteiger partial charge in [0, 0.05) is 6.04 Å². The maximum atomic E-state index is 6.27. The van der Waals surface area contributed by atoms with Gasteiger partial charge in [0.2, 0.25) is 0 Å². The molecular weight excluding hydrogens is 206 g/mol. The van der Waals surface area contributed by atoms with E-state index in [-0.39, 0.29) is 0 Å². The van der Waals surface area contributed by atoms with E-state index in [4.69, 9.17) is 5.73 Å². The van der Waals surface area contributed by atoms with Crippen LogP contribution >= 0.6 is 0 Å². The van der Waals surface area contributed by atoms with Crippen LogP contribution in [0.3, 0.4) is 0 Å². The van der Waals surface area contributed by atoms with E-state index in [0.717, 1.165) is 12.3 Å². The van der Waals surface area contributed by atoms with Crippen molar-refractivity contribution >= 4 is 0 Å². The molecule has 1 heteroatoms. The van der Waals surface area contributed by atoms with Crippen molar-refractivity contribution in [3.8, 4) is 0 Å². The van der Waals surface area contributed by atoms with Crippen molar-refractivity contribution in [2.75, 3.05) is 0 Å². The number of hydrogen-bond donors (Lipinski definition) is 1. The Hall–Kier alpha value is -0.820. The molecule has 3 atom stereocenters. The molecule has 0 bridgehead atoms. The van der Waals surface area contributed by atoms with Gasteiger partial charge in [0.1, 0.15) is 0 Å². The van der Waals surface area contributed by atoms with Gasteiger partial charge in [0.25, 0.3) is 0 Å². The molecule has 94 valence electrons. The summed E-state index contributed by atoms with van der Waals surface area (Å²) in [5, 5.41) is 0. The molecule has 1 aliphatic carbocycles. The predicted octanol–water partition coefficient (Wildman–Crippen LogP) is 3.69. The number of hydrogen-bond acceptors (Lipinski definition) is 1. The lowest BCUT2D eigenvalue weighted by Crippen LogP contribution is -2.37. The monoisotopic (exact) mass is 231 g/mol. The van der Waals surface area contributed by atoms with Gasteiger partial charge in [-0.25, -0.2) is 0 Å². The zero-order valence-corrected chi connectivity index (χ0v) is 11.2. The molecule has 0 radical (unpaired) electrons. The third-order valence-electron chi connectivity index (χ3n) is 4.35. The Labute approximate surface area is 105 Å². The summed E-state index contributed by atoms with van der Waals surface area (Å²) < 4.78 is 0. The van der Waals surface area contributed by atoms with Gasteiger partial charge in [-0.1, -0.05) is 43.2 Å². The molecule has 1 saturated carbocycles. The summed E-state index contributed by atoms with van der Waals surface area (Å²) in [6, 6.07) is 9.36. The fourth-order valence-electron chi connectivity index (χ4n) is 3.02. The van der Waals surface area contributed by atoms with E-state index in [1.807, 2.05) is 0 Å². The standard InChI is InChI=1S/C16H25N/c1-3-13-8-9-16(17)15(10-13)11-14-6-4-12(2)5-7-14/h4-7,13,15-16H,3,8-11,17H2,1-2H3. The maximum Gasteiger partial charge on any atom is 0.00705 e. The molecule has 2 N–H and O–H groups in total. The number of benzene rings is 1. The lowest BCUT2D eigenvalue weighted by Gasteiger charge is -2.34. The Morgan fingerprint density at radius 2 is 1.88 bits per heavy atom. The van der Waals surface area contributed by atoms with Gasteiger partial charge in [-0.05, 0) is 50.0 Å². The third kappa shape index (κ3) is 3.32. The van der Waals surface area contributed by atoms with Gasteiger partial charge >= 0.3 is 0 Å². The Kier molecular flexibility index (Phi) is 4.22. The molecule has 2 rings (SSSR count). The van der Waals surface area contributed by atoms with E-state index in [2.05, 4.69) is 38.1 Å². The first-order chi connectivity index (χ1) is 8.19. The zero-order valence-electron chi connectivity index (χ0n) is 11.2. The molecule has 0 heterocycles. The highest BCUT2D eigenvalue weighted by Crippen LogP contribution is 2.32. The van der Waals surface area contributed by atoms with Crippen LogP contribution in [0.4, 0.5) is 0 Å². The molecule has 0 spiro atoms. The molecule has 0 aromatic heterocycles. The average Bonchev–Trinajstić information content (AvgIpc) is 2.35. The number of nitrogens with two attached hydrogens (primary N) is 1. The van der Waals surface area contributed by atoms with E-state index in [1.165, 1.54) is 36.8 Å². The van der Waals surface area contributed by atoms with Gasteiger partial charge < -0.3 is 5.73 Å². The second-order valence-electron chi connectivity index (χ2n) is 5.70. The SMILES string of the molecule is CCC1CCC(N)C(Cc2ccc(C)cc2)C1. The zero-order chi connectivity index (χ0) is 12.3. The molecule has 1 nitrogen and oxygen atoms in total. The molecule has 0 amide bonds. The highest BCUT2D eigenvalue weighted by atomic mass is 14.7. The van der Waals surface area contributed by atoms with Crippen LogP contribution in [-0.4, -0.2) is 6.04 Å². The van der Waals surface area contributed by atoms with E-state index >= 15 is 0 Å². The van der Waals surface area contributed by atoms with E-state index < -0.39 is 0 Å². The fourth-order valence-corrected chi connectivity index (χ4v) is 3.02. The maximum absolute atomic E-state index is 6.27. The molecule has 17 heavy (non-hydrogen) atoms. The molecule has 1 aromatic rings. The quantitative estimate of drug-likeness (QED) is 0.843. The van der Waals surface area contributed by atoms with Crippen molar-refractivity contribution in [2.45, 2.75) is 52.0 Å². The van der Waals surface area contributed by atoms with Gasteiger partial charge in [-0.2, -0.15) is 0 Å². The topological polar surface area (TPSA) is 26.0 Å². The summed E-state index contributed by atoms with van der Waals surface area (Å²) in [7, 11) is 0. The lowest BCUT2D eigenvalue weighted by molar-refractivity contribution is 0.227. The average molecular weight is 231 g/mol. The molecule has 0 aliphatic heterocycles. The minimum Gasteiger partial charge on any atom is -0.327 e. The summed E-state index contributed by atoms with van der Waals surface area (Å²) >= 11 is 0. The van der Waals surface area contributed by atoms with Crippen LogP contribution < -0.4 is 5.73 Å². The van der Waals surface area contributed by atoms with Gasteiger partial charge in [-0.3, -0.25) is 0 Å². The number of aryl methyl sites for hydroxylation is 1. The first-order valence-corrected chi connectivity index (χ1v) is 7.00. The molecular formula is C16H25N. The minimum absolute atomic E-state index is 0.416. The normalized spacial score (nSPS) is 29.2. The molecule has 3 unspecified atom stereocenters. The highest BCUT2D eigenvalue weighted by Gasteiger charge is 2.27. The summed E-state index contributed by atoms with van der Waals surface area (Å²) in [6.07, 6.45) is 6.36. The van der Waals surface area contributed by atoms with Crippen LogP contribution in [0, 0.1) is 18.8 Å². The summed E-state index contributed by atoms with van der Waals surface area (Å²) in [5.41, 5.74) is 9.07.